The summed E-state index contributed by atoms with van der Waals surface area (Å²) in [6.07, 6.45) is 0. The van der Waals surface area contributed by atoms with Crippen LogP contribution < -0.4 is 10.1 Å². The molecule has 0 amide bonds. The maximum absolute atomic E-state index is 5.15. The summed E-state index contributed by atoms with van der Waals surface area (Å²) in [5, 5.41) is 7.80. The third-order valence-electron chi connectivity index (χ3n) is 3.69. The average Bonchev–Trinajstić information content (AvgIpc) is 2.91. The minimum Gasteiger partial charge on any atom is -0.481 e. The summed E-state index contributed by atoms with van der Waals surface area (Å²) in [5.41, 5.74) is 3.15. The number of pyridine rings is 1. The van der Waals surface area contributed by atoms with Crippen LogP contribution in [0.25, 0.3) is 0 Å². The van der Waals surface area contributed by atoms with Crippen LogP contribution in [0.2, 0.25) is 0 Å². The first kappa shape index (κ1) is 16.0. The summed E-state index contributed by atoms with van der Waals surface area (Å²) in [6, 6.07) is 14.0. The first-order valence-corrected chi connectivity index (χ1v) is 7.85. The number of nitrogens with zero attached hydrogens (tertiary/aromatic N) is 4. The Kier molecular flexibility index (Phi) is 4.74. The van der Waals surface area contributed by atoms with E-state index in [0.717, 1.165) is 23.0 Å². The van der Waals surface area contributed by atoms with Gasteiger partial charge in [0.2, 0.25) is 5.88 Å². The lowest BCUT2D eigenvalue weighted by molar-refractivity contribution is 0.396. The van der Waals surface area contributed by atoms with Crippen LogP contribution in [0.4, 0.5) is 5.69 Å². The Morgan fingerprint density at radius 1 is 1.08 bits per heavy atom. The molecule has 0 atom stereocenters. The summed E-state index contributed by atoms with van der Waals surface area (Å²) < 4.78 is 7.07. The Balaban J connectivity index is 1.67. The summed E-state index contributed by atoms with van der Waals surface area (Å²) >= 11 is 0. The highest BCUT2D eigenvalue weighted by Crippen LogP contribution is 2.14. The van der Waals surface area contributed by atoms with Crippen molar-refractivity contribution in [2.75, 3.05) is 12.4 Å². The second-order valence-electron chi connectivity index (χ2n) is 5.59. The third kappa shape index (κ3) is 3.90. The molecule has 0 aliphatic carbocycles. The van der Waals surface area contributed by atoms with E-state index >= 15 is 0 Å². The minimum atomic E-state index is 0.625. The van der Waals surface area contributed by atoms with Crippen LogP contribution in [0.1, 0.15) is 22.9 Å². The zero-order valence-electron chi connectivity index (χ0n) is 14.2. The Labute approximate surface area is 141 Å². The van der Waals surface area contributed by atoms with Crippen molar-refractivity contribution in [2.24, 2.45) is 0 Å². The van der Waals surface area contributed by atoms with Gasteiger partial charge in [-0.05, 0) is 37.6 Å². The van der Waals surface area contributed by atoms with Crippen LogP contribution in [-0.2, 0) is 13.1 Å². The maximum atomic E-state index is 5.15. The second kappa shape index (κ2) is 7.12. The van der Waals surface area contributed by atoms with E-state index in [4.69, 9.17) is 4.74 Å². The fourth-order valence-electron chi connectivity index (χ4n) is 2.53. The van der Waals surface area contributed by atoms with Gasteiger partial charge >= 0.3 is 0 Å². The molecule has 0 bridgehead atoms. The van der Waals surface area contributed by atoms with E-state index in [2.05, 4.69) is 32.5 Å². The van der Waals surface area contributed by atoms with E-state index in [-0.39, 0.29) is 0 Å². The Morgan fingerprint density at radius 2 is 1.92 bits per heavy atom. The van der Waals surface area contributed by atoms with E-state index < -0.39 is 0 Å². The van der Waals surface area contributed by atoms with Gasteiger partial charge in [-0.2, -0.15) is 5.10 Å². The van der Waals surface area contributed by atoms with Crippen LogP contribution in [0, 0.1) is 13.8 Å². The van der Waals surface area contributed by atoms with Crippen molar-refractivity contribution in [3.05, 3.63) is 65.4 Å². The molecule has 0 fully saturated rings. The number of aromatic nitrogens is 4. The van der Waals surface area contributed by atoms with Crippen molar-refractivity contribution in [2.45, 2.75) is 26.9 Å². The number of hydrogen-bond acceptors (Lipinski definition) is 5. The summed E-state index contributed by atoms with van der Waals surface area (Å²) in [6.45, 7) is 5.22. The number of benzene rings is 1. The fraction of sp³-hybridized carbons (Fsp3) is 0.278. The van der Waals surface area contributed by atoms with Crippen LogP contribution in [-0.4, -0.2) is 26.9 Å². The molecule has 1 N–H and O–H groups in total. The van der Waals surface area contributed by atoms with Crippen molar-refractivity contribution < 1.29 is 4.74 Å². The molecule has 0 aliphatic heterocycles. The lowest BCUT2D eigenvalue weighted by atomic mass is 10.2. The van der Waals surface area contributed by atoms with Crippen molar-refractivity contribution in [3.8, 4) is 5.88 Å². The van der Waals surface area contributed by atoms with E-state index in [1.807, 2.05) is 48.9 Å². The molecule has 0 radical (unpaired) electrons. The molecular weight excluding hydrogens is 302 g/mol. The minimum absolute atomic E-state index is 0.625. The quantitative estimate of drug-likeness (QED) is 0.755. The van der Waals surface area contributed by atoms with Crippen LogP contribution in [0.5, 0.6) is 5.88 Å². The van der Waals surface area contributed by atoms with Crippen molar-refractivity contribution >= 4 is 5.69 Å². The van der Waals surface area contributed by atoms with Gasteiger partial charge in [-0.15, -0.1) is 0 Å². The van der Waals surface area contributed by atoms with Gasteiger partial charge < -0.3 is 10.1 Å². The summed E-state index contributed by atoms with van der Waals surface area (Å²) in [7, 11) is 1.62. The Morgan fingerprint density at radius 3 is 2.67 bits per heavy atom. The fourth-order valence-corrected chi connectivity index (χ4v) is 2.53. The molecule has 0 saturated carbocycles. The second-order valence-corrected chi connectivity index (χ2v) is 5.59. The SMILES string of the molecule is COc1cccc(CNc2cccc(Cn3nc(C)nc3C)c2)n1. The van der Waals surface area contributed by atoms with Crippen molar-refractivity contribution in [1.29, 1.82) is 0 Å². The smallest absolute Gasteiger partial charge is 0.213 e. The number of hydrogen-bond donors (Lipinski definition) is 1. The molecule has 124 valence electrons. The van der Waals surface area contributed by atoms with Gasteiger partial charge in [0.25, 0.3) is 0 Å². The van der Waals surface area contributed by atoms with Gasteiger partial charge in [-0.1, -0.05) is 18.2 Å². The van der Waals surface area contributed by atoms with Gasteiger partial charge in [0.15, 0.2) is 0 Å². The number of nitrogens with one attached hydrogen (secondary N) is 1. The molecule has 0 aliphatic rings. The highest BCUT2D eigenvalue weighted by molar-refractivity contribution is 5.46. The van der Waals surface area contributed by atoms with E-state index in [0.29, 0.717) is 19.0 Å². The first-order chi connectivity index (χ1) is 11.6. The topological polar surface area (TPSA) is 64.9 Å². The van der Waals surface area contributed by atoms with Crippen LogP contribution in [0.3, 0.4) is 0 Å². The maximum Gasteiger partial charge on any atom is 0.213 e. The predicted molar refractivity (Wildman–Crippen MR) is 93.2 cm³/mol. The number of rotatable bonds is 6. The standard InChI is InChI=1S/C18H21N5O/c1-13-20-14(2)23(22-13)12-15-6-4-7-16(10-15)19-11-17-8-5-9-18(21-17)24-3/h4-10,19H,11-12H2,1-3H3. The van der Waals surface area contributed by atoms with E-state index in [1.54, 1.807) is 7.11 Å². The summed E-state index contributed by atoms with van der Waals surface area (Å²) in [5.74, 6) is 2.34. The highest BCUT2D eigenvalue weighted by Gasteiger charge is 2.04. The molecule has 0 unspecified atom stereocenters. The van der Waals surface area contributed by atoms with Gasteiger partial charge in [0.05, 0.1) is 25.9 Å². The largest absolute Gasteiger partial charge is 0.481 e. The molecule has 1 aromatic carbocycles. The van der Waals surface area contributed by atoms with Gasteiger partial charge in [-0.3, -0.25) is 0 Å². The van der Waals surface area contributed by atoms with Crippen LogP contribution >= 0.6 is 0 Å². The predicted octanol–water partition coefficient (Wildman–Crippen LogP) is 2.96. The molecule has 0 spiro atoms. The Hall–Kier alpha value is -2.89. The molecule has 0 saturated heterocycles. The highest BCUT2D eigenvalue weighted by atomic mass is 16.5. The summed E-state index contributed by atoms with van der Waals surface area (Å²) in [4.78, 5) is 8.74. The van der Waals surface area contributed by atoms with Crippen LogP contribution in [0.15, 0.2) is 42.5 Å². The van der Waals surface area contributed by atoms with Gasteiger partial charge in [0.1, 0.15) is 11.6 Å². The molecule has 3 rings (SSSR count). The normalized spacial score (nSPS) is 10.6. The van der Waals surface area contributed by atoms with Gasteiger partial charge in [0, 0.05) is 11.8 Å². The van der Waals surface area contributed by atoms with Crippen molar-refractivity contribution in [1.82, 2.24) is 19.7 Å². The third-order valence-corrected chi connectivity index (χ3v) is 3.69. The Bertz CT molecular complexity index is 828. The van der Waals surface area contributed by atoms with Gasteiger partial charge in [-0.25, -0.2) is 14.6 Å². The lowest BCUT2D eigenvalue weighted by Crippen LogP contribution is -2.06. The monoisotopic (exact) mass is 323 g/mol. The molecule has 3 aromatic rings. The molecule has 2 heterocycles. The van der Waals surface area contributed by atoms with E-state index in [9.17, 15) is 0 Å². The van der Waals surface area contributed by atoms with E-state index in [1.165, 1.54) is 5.56 Å². The molecule has 24 heavy (non-hydrogen) atoms. The number of aryl methyl sites for hydroxylation is 2. The zero-order valence-corrected chi connectivity index (χ0v) is 14.2. The molecule has 6 nitrogen and oxygen atoms in total. The lowest BCUT2D eigenvalue weighted by Gasteiger charge is -2.09. The average molecular weight is 323 g/mol. The number of anilines is 1. The number of methoxy groups -OCH3 is 1. The zero-order chi connectivity index (χ0) is 16.9. The molecule has 2 aromatic heterocycles. The molecular formula is C18H21N5O. The number of ether oxygens (including phenoxy) is 1. The molecule has 6 heteroatoms. The van der Waals surface area contributed by atoms with Crippen molar-refractivity contribution in [3.63, 3.8) is 0 Å². The first-order valence-electron chi connectivity index (χ1n) is 7.85.